The summed E-state index contributed by atoms with van der Waals surface area (Å²) in [6, 6.07) is 0.405. The minimum atomic E-state index is -0.778. The molecule has 0 spiro atoms. The van der Waals surface area contributed by atoms with Gasteiger partial charge >= 0.3 is 5.97 Å². The predicted octanol–water partition coefficient (Wildman–Crippen LogP) is 0.689. The van der Waals surface area contributed by atoms with Crippen LogP contribution >= 0.6 is 0 Å². The topological polar surface area (TPSA) is 90.0 Å². The SMILES string of the molecule is CC(=O)N1CCC[C@@H](C(=O)NC2CC(N(CC(=O)O)CC3CC3)C2)C1. The van der Waals surface area contributed by atoms with Crippen molar-refractivity contribution in [3.8, 4) is 0 Å². The van der Waals surface area contributed by atoms with Crippen LogP contribution in [0.15, 0.2) is 0 Å². The molecule has 1 aliphatic heterocycles. The van der Waals surface area contributed by atoms with Gasteiger partial charge in [-0.05, 0) is 44.4 Å². The number of amides is 2. The standard InChI is InChI=1S/C18H29N3O4/c1-12(22)20-6-2-3-14(10-20)18(25)19-15-7-16(8-15)21(11-17(23)24)9-13-4-5-13/h13-16H,2-11H2,1H3,(H,19,25)(H,23,24)/t14-,15?,16?/m1/s1. The van der Waals surface area contributed by atoms with Gasteiger partial charge in [-0.3, -0.25) is 19.3 Å². The Morgan fingerprint density at radius 1 is 1.20 bits per heavy atom. The Hall–Kier alpha value is -1.63. The third-order valence-corrected chi connectivity index (χ3v) is 5.74. The van der Waals surface area contributed by atoms with E-state index in [4.69, 9.17) is 5.11 Å². The van der Waals surface area contributed by atoms with E-state index in [2.05, 4.69) is 10.2 Å². The molecule has 7 nitrogen and oxygen atoms in total. The molecule has 0 aromatic heterocycles. The van der Waals surface area contributed by atoms with Crippen LogP contribution in [0.3, 0.4) is 0 Å². The van der Waals surface area contributed by atoms with Crippen LogP contribution < -0.4 is 5.32 Å². The van der Waals surface area contributed by atoms with Gasteiger partial charge in [-0.1, -0.05) is 0 Å². The van der Waals surface area contributed by atoms with E-state index in [0.29, 0.717) is 12.5 Å². The lowest BCUT2D eigenvalue weighted by atomic mass is 9.84. The van der Waals surface area contributed by atoms with Gasteiger partial charge in [-0.15, -0.1) is 0 Å². The van der Waals surface area contributed by atoms with Crippen molar-refractivity contribution in [3.63, 3.8) is 0 Å². The molecule has 0 aromatic rings. The lowest BCUT2D eigenvalue weighted by Gasteiger charge is -2.43. The summed E-state index contributed by atoms with van der Waals surface area (Å²) in [5, 5.41) is 12.2. The molecule has 1 atom stereocenters. The summed E-state index contributed by atoms with van der Waals surface area (Å²) in [7, 11) is 0. The molecular formula is C18H29N3O4. The number of carbonyl (C=O) groups is 3. The number of likely N-dealkylation sites (tertiary alicyclic amines) is 1. The molecule has 25 heavy (non-hydrogen) atoms. The lowest BCUT2D eigenvalue weighted by molar-refractivity contribution is -0.140. The lowest BCUT2D eigenvalue weighted by Crippen LogP contribution is -2.57. The number of rotatable bonds is 7. The molecule has 3 rings (SSSR count). The molecule has 2 amide bonds. The first-order chi connectivity index (χ1) is 11.9. The van der Waals surface area contributed by atoms with Crippen molar-refractivity contribution in [2.24, 2.45) is 11.8 Å². The number of nitrogens with one attached hydrogen (secondary N) is 1. The van der Waals surface area contributed by atoms with Crippen LogP contribution in [0.2, 0.25) is 0 Å². The largest absolute Gasteiger partial charge is 0.480 e. The van der Waals surface area contributed by atoms with E-state index in [9.17, 15) is 14.4 Å². The van der Waals surface area contributed by atoms with E-state index in [1.807, 2.05) is 0 Å². The smallest absolute Gasteiger partial charge is 0.317 e. The molecule has 1 saturated heterocycles. The van der Waals surface area contributed by atoms with Gasteiger partial charge in [0.2, 0.25) is 11.8 Å². The number of aliphatic carboxylic acids is 1. The second-order valence-corrected chi connectivity index (χ2v) is 7.90. The third kappa shape index (κ3) is 4.93. The Balaban J connectivity index is 1.43. The van der Waals surface area contributed by atoms with Gasteiger partial charge < -0.3 is 15.3 Å². The molecule has 0 aromatic carbocycles. The van der Waals surface area contributed by atoms with E-state index in [1.165, 1.54) is 12.8 Å². The van der Waals surface area contributed by atoms with Gasteiger partial charge in [0, 0.05) is 38.6 Å². The zero-order chi connectivity index (χ0) is 18.0. The maximum absolute atomic E-state index is 12.5. The van der Waals surface area contributed by atoms with E-state index in [1.54, 1.807) is 11.8 Å². The molecule has 0 bridgehead atoms. The number of carboxylic acids is 1. The molecule has 1 heterocycles. The average Bonchev–Trinajstić information content (AvgIpc) is 3.33. The summed E-state index contributed by atoms with van der Waals surface area (Å²) in [5.41, 5.74) is 0. The van der Waals surface area contributed by atoms with Crippen LogP contribution in [0, 0.1) is 11.8 Å². The summed E-state index contributed by atoms with van der Waals surface area (Å²) in [5.74, 6) is -0.155. The predicted molar refractivity (Wildman–Crippen MR) is 91.9 cm³/mol. The Kier molecular flexibility index (Phi) is 5.61. The van der Waals surface area contributed by atoms with E-state index in [0.717, 1.165) is 38.8 Å². The summed E-state index contributed by atoms with van der Waals surface area (Å²) in [6.45, 7) is 3.78. The van der Waals surface area contributed by atoms with Gasteiger partial charge in [-0.25, -0.2) is 0 Å². The highest BCUT2D eigenvalue weighted by Gasteiger charge is 2.38. The quantitative estimate of drug-likeness (QED) is 0.704. The van der Waals surface area contributed by atoms with Crippen LogP contribution in [0.4, 0.5) is 0 Å². The molecule has 2 saturated carbocycles. The van der Waals surface area contributed by atoms with Crippen molar-refractivity contribution in [3.05, 3.63) is 0 Å². The minimum absolute atomic E-state index is 0.0330. The van der Waals surface area contributed by atoms with Gasteiger partial charge in [0.1, 0.15) is 0 Å². The van der Waals surface area contributed by atoms with Gasteiger partial charge in [-0.2, -0.15) is 0 Å². The first-order valence-electron chi connectivity index (χ1n) is 9.44. The zero-order valence-electron chi connectivity index (χ0n) is 14.9. The maximum Gasteiger partial charge on any atom is 0.317 e. The summed E-state index contributed by atoms with van der Waals surface area (Å²) >= 11 is 0. The van der Waals surface area contributed by atoms with Crippen molar-refractivity contribution in [1.29, 1.82) is 0 Å². The third-order valence-electron chi connectivity index (χ3n) is 5.74. The number of piperidine rings is 1. The number of nitrogens with zero attached hydrogens (tertiary/aromatic N) is 2. The Bertz CT molecular complexity index is 528. The molecule has 7 heteroatoms. The van der Waals surface area contributed by atoms with Crippen LogP contribution in [-0.4, -0.2) is 71.0 Å². The Labute approximate surface area is 148 Å². The van der Waals surface area contributed by atoms with Crippen molar-refractivity contribution in [2.45, 2.75) is 57.5 Å². The number of carbonyl (C=O) groups excluding carboxylic acids is 2. The van der Waals surface area contributed by atoms with Crippen molar-refractivity contribution in [1.82, 2.24) is 15.1 Å². The van der Waals surface area contributed by atoms with Crippen molar-refractivity contribution < 1.29 is 19.5 Å². The molecule has 2 N–H and O–H groups in total. The summed E-state index contributed by atoms with van der Waals surface area (Å²) in [6.07, 6.45) is 5.77. The minimum Gasteiger partial charge on any atom is -0.480 e. The summed E-state index contributed by atoms with van der Waals surface area (Å²) < 4.78 is 0. The molecule has 140 valence electrons. The normalized spacial score (nSPS) is 29.2. The molecule has 3 aliphatic rings. The Morgan fingerprint density at radius 3 is 2.52 bits per heavy atom. The van der Waals surface area contributed by atoms with Crippen molar-refractivity contribution in [2.75, 3.05) is 26.2 Å². The molecule has 3 fully saturated rings. The van der Waals surface area contributed by atoms with Crippen LogP contribution in [-0.2, 0) is 14.4 Å². The van der Waals surface area contributed by atoms with Gasteiger partial charge in [0.25, 0.3) is 0 Å². The number of hydrogen-bond acceptors (Lipinski definition) is 4. The van der Waals surface area contributed by atoms with Gasteiger partial charge in [0.05, 0.1) is 12.5 Å². The fraction of sp³-hybridized carbons (Fsp3) is 0.833. The van der Waals surface area contributed by atoms with Crippen molar-refractivity contribution >= 4 is 17.8 Å². The fourth-order valence-electron chi connectivity index (χ4n) is 3.95. The van der Waals surface area contributed by atoms with Gasteiger partial charge in [0.15, 0.2) is 0 Å². The van der Waals surface area contributed by atoms with Crippen LogP contribution in [0.5, 0.6) is 0 Å². The fourth-order valence-corrected chi connectivity index (χ4v) is 3.95. The average molecular weight is 351 g/mol. The Morgan fingerprint density at radius 2 is 1.92 bits per heavy atom. The van der Waals surface area contributed by atoms with E-state index >= 15 is 0 Å². The monoisotopic (exact) mass is 351 g/mol. The number of carboxylic acid groups (broad SMARTS) is 1. The maximum atomic E-state index is 12.5. The second-order valence-electron chi connectivity index (χ2n) is 7.90. The first kappa shape index (κ1) is 18.2. The molecule has 0 radical (unpaired) electrons. The highest BCUT2D eigenvalue weighted by molar-refractivity contribution is 5.81. The molecular weight excluding hydrogens is 322 g/mol. The zero-order valence-corrected chi connectivity index (χ0v) is 14.9. The first-order valence-corrected chi connectivity index (χ1v) is 9.44. The van der Waals surface area contributed by atoms with E-state index in [-0.39, 0.29) is 36.4 Å². The summed E-state index contributed by atoms with van der Waals surface area (Å²) in [4.78, 5) is 38.8. The highest BCUT2D eigenvalue weighted by atomic mass is 16.4. The second kappa shape index (κ2) is 7.72. The molecule has 0 unspecified atom stereocenters. The van der Waals surface area contributed by atoms with E-state index < -0.39 is 5.97 Å². The highest BCUT2D eigenvalue weighted by Crippen LogP contribution is 2.34. The van der Waals surface area contributed by atoms with Crippen LogP contribution in [0.1, 0.15) is 45.4 Å². The number of hydrogen-bond donors (Lipinski definition) is 2. The molecule has 2 aliphatic carbocycles. The van der Waals surface area contributed by atoms with Crippen LogP contribution in [0.25, 0.3) is 0 Å².